The number of hydrogen-bond acceptors (Lipinski definition) is 3. The quantitative estimate of drug-likeness (QED) is 0.652. The molecule has 1 fully saturated rings. The second-order valence-corrected chi connectivity index (χ2v) is 8.36. The van der Waals surface area contributed by atoms with Crippen LogP contribution in [0.4, 0.5) is 4.79 Å². The van der Waals surface area contributed by atoms with Gasteiger partial charge in [0.1, 0.15) is 0 Å². The Labute approximate surface area is 185 Å². The zero-order chi connectivity index (χ0) is 21.9. The van der Waals surface area contributed by atoms with Crippen molar-refractivity contribution in [1.82, 2.24) is 20.4 Å². The molecule has 0 aromatic heterocycles. The first-order valence-electron chi connectivity index (χ1n) is 11.2. The zero-order valence-electron chi connectivity index (χ0n) is 18.4. The maximum Gasteiger partial charge on any atom is 0.317 e. The van der Waals surface area contributed by atoms with Gasteiger partial charge in [-0.25, -0.2) is 4.79 Å². The van der Waals surface area contributed by atoms with E-state index >= 15 is 0 Å². The number of likely N-dealkylation sites (tertiary alicyclic amines) is 1. The minimum absolute atomic E-state index is 0.00815. The van der Waals surface area contributed by atoms with Crippen molar-refractivity contribution >= 4 is 11.9 Å². The van der Waals surface area contributed by atoms with Gasteiger partial charge in [0.2, 0.25) is 5.91 Å². The van der Waals surface area contributed by atoms with Gasteiger partial charge in [0.15, 0.2) is 0 Å². The summed E-state index contributed by atoms with van der Waals surface area (Å²) < 4.78 is 0. The van der Waals surface area contributed by atoms with E-state index in [1.165, 1.54) is 5.56 Å². The molecule has 1 heterocycles. The molecule has 2 aromatic carbocycles. The molecule has 0 aliphatic carbocycles. The van der Waals surface area contributed by atoms with Crippen molar-refractivity contribution in [2.45, 2.75) is 32.4 Å². The molecule has 3 rings (SSSR count). The third-order valence-corrected chi connectivity index (χ3v) is 5.68. The lowest BCUT2D eigenvalue weighted by atomic mass is 9.97. The fraction of sp³-hybridized carbons (Fsp3) is 0.440. The summed E-state index contributed by atoms with van der Waals surface area (Å²) in [6.45, 7) is 4.67. The minimum atomic E-state index is -0.166. The average Bonchev–Trinajstić information content (AvgIpc) is 2.79. The molecule has 3 amide bonds. The Hall–Kier alpha value is -2.86. The number of hydrogen-bond donors (Lipinski definition) is 2. The van der Waals surface area contributed by atoms with E-state index in [0.29, 0.717) is 32.0 Å². The Kier molecular flexibility index (Phi) is 8.91. The molecule has 1 unspecified atom stereocenters. The van der Waals surface area contributed by atoms with Crippen molar-refractivity contribution in [1.29, 1.82) is 0 Å². The van der Waals surface area contributed by atoms with E-state index in [9.17, 15) is 9.59 Å². The Morgan fingerprint density at radius 3 is 2.39 bits per heavy atom. The summed E-state index contributed by atoms with van der Waals surface area (Å²) in [5.41, 5.74) is 2.41. The predicted octanol–water partition coefficient (Wildman–Crippen LogP) is 3.25. The van der Waals surface area contributed by atoms with Crippen molar-refractivity contribution < 1.29 is 9.59 Å². The summed E-state index contributed by atoms with van der Waals surface area (Å²) in [6, 6.07) is 20.2. The second-order valence-electron chi connectivity index (χ2n) is 8.36. The Morgan fingerprint density at radius 1 is 1.00 bits per heavy atom. The maximum atomic E-state index is 12.2. The number of carbonyl (C=O) groups excluding carboxylic acids is 2. The van der Waals surface area contributed by atoms with Crippen LogP contribution in [-0.2, 0) is 17.9 Å². The standard InChI is InChI=1S/C25H34N4O2/c1-28(18-21-9-4-2-5-10-21)25(31)26-15-14-24(30)27-17-23-13-8-16-29(20-23)19-22-11-6-3-7-12-22/h2-7,9-12,23H,8,13-20H2,1H3,(H,26,31)(H,27,30). The highest BCUT2D eigenvalue weighted by molar-refractivity contribution is 5.78. The topological polar surface area (TPSA) is 64.7 Å². The van der Waals surface area contributed by atoms with Gasteiger partial charge in [-0.15, -0.1) is 0 Å². The molecule has 0 saturated carbocycles. The summed E-state index contributed by atoms with van der Waals surface area (Å²) in [5, 5.41) is 5.87. The van der Waals surface area contributed by atoms with Gasteiger partial charge in [0.05, 0.1) is 0 Å². The normalized spacial score (nSPS) is 16.5. The van der Waals surface area contributed by atoms with Gasteiger partial charge < -0.3 is 15.5 Å². The molecule has 1 saturated heterocycles. The van der Waals surface area contributed by atoms with Crippen LogP contribution in [0, 0.1) is 5.92 Å². The number of piperidine rings is 1. The average molecular weight is 423 g/mol. The molecule has 6 heteroatoms. The van der Waals surface area contributed by atoms with Crippen molar-refractivity contribution in [3.63, 3.8) is 0 Å². The summed E-state index contributed by atoms with van der Waals surface area (Å²) >= 11 is 0. The van der Waals surface area contributed by atoms with Crippen LogP contribution in [0.1, 0.15) is 30.4 Å². The first-order valence-corrected chi connectivity index (χ1v) is 11.2. The molecule has 2 aromatic rings. The van der Waals surface area contributed by atoms with Crippen LogP contribution in [0.3, 0.4) is 0 Å². The van der Waals surface area contributed by atoms with Gasteiger partial charge in [0.25, 0.3) is 0 Å². The Bertz CT molecular complexity index is 813. The van der Waals surface area contributed by atoms with Gasteiger partial charge in [-0.1, -0.05) is 60.7 Å². The highest BCUT2D eigenvalue weighted by Crippen LogP contribution is 2.18. The van der Waals surface area contributed by atoms with Crippen molar-refractivity contribution in [2.24, 2.45) is 5.92 Å². The first-order chi connectivity index (χ1) is 15.1. The molecule has 1 aliphatic heterocycles. The van der Waals surface area contributed by atoms with Crippen molar-refractivity contribution in [3.05, 3.63) is 71.8 Å². The molecule has 1 atom stereocenters. The summed E-state index contributed by atoms with van der Waals surface area (Å²) in [6.07, 6.45) is 2.61. The van der Waals surface area contributed by atoms with Crippen molar-refractivity contribution in [3.8, 4) is 0 Å². The molecule has 2 N–H and O–H groups in total. The largest absolute Gasteiger partial charge is 0.356 e. The van der Waals surface area contributed by atoms with Crippen LogP contribution in [0.25, 0.3) is 0 Å². The number of benzene rings is 2. The number of nitrogens with one attached hydrogen (secondary N) is 2. The first kappa shape index (κ1) is 22.8. The van der Waals surface area contributed by atoms with Crippen LogP contribution in [0.2, 0.25) is 0 Å². The summed E-state index contributed by atoms with van der Waals surface area (Å²) in [5.74, 6) is 0.471. The number of carbonyl (C=O) groups is 2. The van der Waals surface area contributed by atoms with E-state index in [4.69, 9.17) is 0 Å². The molecule has 166 valence electrons. The molecule has 0 radical (unpaired) electrons. The van der Waals surface area contributed by atoms with E-state index in [-0.39, 0.29) is 11.9 Å². The van der Waals surface area contributed by atoms with Crippen LogP contribution in [-0.4, -0.2) is 55.0 Å². The lowest BCUT2D eigenvalue weighted by Crippen LogP contribution is -2.42. The van der Waals surface area contributed by atoms with E-state index < -0.39 is 0 Å². The summed E-state index contributed by atoms with van der Waals surface area (Å²) in [4.78, 5) is 28.5. The fourth-order valence-electron chi connectivity index (χ4n) is 4.00. The van der Waals surface area contributed by atoms with Gasteiger partial charge in [0, 0.05) is 46.2 Å². The maximum absolute atomic E-state index is 12.2. The predicted molar refractivity (Wildman–Crippen MR) is 123 cm³/mol. The molecule has 6 nitrogen and oxygen atoms in total. The van der Waals surface area contributed by atoms with Gasteiger partial charge in [-0.2, -0.15) is 0 Å². The monoisotopic (exact) mass is 422 g/mol. The lowest BCUT2D eigenvalue weighted by molar-refractivity contribution is -0.121. The molecular formula is C25H34N4O2. The molecule has 0 bridgehead atoms. The highest BCUT2D eigenvalue weighted by Gasteiger charge is 2.20. The Balaban J connectivity index is 1.30. The van der Waals surface area contributed by atoms with Crippen molar-refractivity contribution in [2.75, 3.05) is 33.2 Å². The zero-order valence-corrected chi connectivity index (χ0v) is 18.4. The Morgan fingerprint density at radius 2 is 1.68 bits per heavy atom. The number of urea groups is 1. The van der Waals surface area contributed by atoms with Crippen LogP contribution in [0.5, 0.6) is 0 Å². The molecule has 31 heavy (non-hydrogen) atoms. The number of nitrogens with zero attached hydrogens (tertiary/aromatic N) is 2. The molecular weight excluding hydrogens is 388 g/mol. The van der Waals surface area contributed by atoms with Gasteiger partial charge in [-0.05, 0) is 36.4 Å². The number of rotatable bonds is 9. The molecule has 1 aliphatic rings. The summed E-state index contributed by atoms with van der Waals surface area (Å²) in [7, 11) is 1.76. The van der Waals surface area contributed by atoms with Crippen LogP contribution < -0.4 is 10.6 Å². The smallest absolute Gasteiger partial charge is 0.317 e. The highest BCUT2D eigenvalue weighted by atomic mass is 16.2. The number of amides is 3. The van der Waals surface area contributed by atoms with Crippen LogP contribution in [0.15, 0.2) is 60.7 Å². The second kappa shape index (κ2) is 12.1. The van der Waals surface area contributed by atoms with Gasteiger partial charge >= 0.3 is 6.03 Å². The fourth-order valence-corrected chi connectivity index (χ4v) is 4.00. The van der Waals surface area contributed by atoms with Crippen LogP contribution >= 0.6 is 0 Å². The van der Waals surface area contributed by atoms with E-state index in [0.717, 1.165) is 38.0 Å². The van der Waals surface area contributed by atoms with E-state index in [1.807, 2.05) is 36.4 Å². The van der Waals surface area contributed by atoms with E-state index in [2.05, 4.69) is 39.8 Å². The SMILES string of the molecule is CN(Cc1ccccc1)C(=O)NCCC(=O)NCC1CCCN(Cc2ccccc2)C1. The third-order valence-electron chi connectivity index (χ3n) is 5.68. The van der Waals surface area contributed by atoms with E-state index in [1.54, 1.807) is 11.9 Å². The minimum Gasteiger partial charge on any atom is -0.356 e. The molecule has 0 spiro atoms. The lowest BCUT2D eigenvalue weighted by Gasteiger charge is -2.32. The van der Waals surface area contributed by atoms with Gasteiger partial charge in [-0.3, -0.25) is 9.69 Å². The third kappa shape index (κ3) is 8.06.